The smallest absolute Gasteiger partial charge is 0.354 e. The van der Waals surface area contributed by atoms with Gasteiger partial charge in [0.15, 0.2) is 5.58 Å². The van der Waals surface area contributed by atoms with Crippen LogP contribution in [0.1, 0.15) is 45.9 Å². The SMILES string of the molecule is Cc1ccc(NC(=O)c2oc3ccc(C(=O)O)nc3c2NC(=O)CCCCN2CCOCC2O)nc1. The number of rotatable bonds is 9. The number of aromatic carboxylic acids is 1. The van der Waals surface area contributed by atoms with Crippen molar-refractivity contribution in [2.45, 2.75) is 32.4 Å². The summed E-state index contributed by atoms with van der Waals surface area (Å²) in [6.45, 7) is 3.93. The molecule has 1 aliphatic rings. The van der Waals surface area contributed by atoms with Gasteiger partial charge in [0, 0.05) is 25.7 Å². The molecule has 4 heterocycles. The molecule has 1 aliphatic heterocycles. The van der Waals surface area contributed by atoms with Gasteiger partial charge in [-0.05, 0) is 43.5 Å². The number of unbranched alkanes of at least 4 members (excludes halogenated alkanes) is 1. The molecule has 1 atom stereocenters. The number of hydrogen-bond acceptors (Lipinski definition) is 9. The van der Waals surface area contributed by atoms with Crippen LogP contribution in [0.25, 0.3) is 11.1 Å². The van der Waals surface area contributed by atoms with E-state index in [0.29, 0.717) is 32.5 Å². The lowest BCUT2D eigenvalue weighted by molar-refractivity contribution is -0.116. The number of aromatic nitrogens is 2. The van der Waals surface area contributed by atoms with E-state index in [1.54, 1.807) is 18.3 Å². The highest BCUT2D eigenvalue weighted by Crippen LogP contribution is 2.31. The number of amides is 2. The molecule has 1 fully saturated rings. The summed E-state index contributed by atoms with van der Waals surface area (Å²) in [6.07, 6.45) is 2.29. The summed E-state index contributed by atoms with van der Waals surface area (Å²) in [5, 5.41) is 24.5. The Bertz CT molecular complexity index is 1260. The molecule has 0 saturated carbocycles. The van der Waals surface area contributed by atoms with E-state index in [0.717, 1.165) is 5.56 Å². The molecule has 0 bridgehead atoms. The minimum Gasteiger partial charge on any atom is -0.477 e. The predicted molar refractivity (Wildman–Crippen MR) is 129 cm³/mol. The zero-order valence-electron chi connectivity index (χ0n) is 19.7. The number of carboxylic acid groups (broad SMARTS) is 1. The van der Waals surface area contributed by atoms with Crippen LogP contribution in [0, 0.1) is 6.92 Å². The molecule has 0 spiro atoms. The molecule has 2 amide bonds. The summed E-state index contributed by atoms with van der Waals surface area (Å²) < 4.78 is 10.9. The molecule has 0 aliphatic carbocycles. The van der Waals surface area contributed by atoms with E-state index < -0.39 is 18.1 Å². The number of pyridine rings is 2. The van der Waals surface area contributed by atoms with Gasteiger partial charge in [0.1, 0.15) is 28.9 Å². The quantitative estimate of drug-likeness (QED) is 0.322. The molecular weight excluding hydrogens is 470 g/mol. The maximum absolute atomic E-state index is 13.0. The lowest BCUT2D eigenvalue weighted by atomic mass is 10.2. The third-order valence-electron chi connectivity index (χ3n) is 5.69. The van der Waals surface area contributed by atoms with Crippen molar-refractivity contribution >= 4 is 40.4 Å². The first-order valence-electron chi connectivity index (χ1n) is 11.5. The van der Waals surface area contributed by atoms with Gasteiger partial charge in [0.2, 0.25) is 11.7 Å². The maximum atomic E-state index is 13.0. The number of aliphatic hydroxyl groups excluding tert-OH is 1. The van der Waals surface area contributed by atoms with Gasteiger partial charge in [0.05, 0.1) is 13.2 Å². The molecule has 1 unspecified atom stereocenters. The minimum atomic E-state index is -1.25. The average Bonchev–Trinajstić information content (AvgIpc) is 3.22. The number of carbonyl (C=O) groups excluding carboxylic acids is 2. The fraction of sp³-hybridized carbons (Fsp3) is 0.375. The van der Waals surface area contributed by atoms with Crippen LogP contribution < -0.4 is 10.6 Å². The van der Waals surface area contributed by atoms with Gasteiger partial charge >= 0.3 is 5.97 Å². The number of carbonyl (C=O) groups is 3. The predicted octanol–water partition coefficient (Wildman–Crippen LogP) is 2.24. The van der Waals surface area contributed by atoms with Crippen LogP contribution in [0.5, 0.6) is 0 Å². The fourth-order valence-corrected chi connectivity index (χ4v) is 3.77. The number of furan rings is 1. The van der Waals surface area contributed by atoms with E-state index in [-0.39, 0.29) is 53.0 Å². The average molecular weight is 498 g/mol. The number of anilines is 2. The second kappa shape index (κ2) is 11.2. The second-order valence-corrected chi connectivity index (χ2v) is 8.43. The number of fused-ring (bicyclic) bond motifs is 1. The highest BCUT2D eigenvalue weighted by Gasteiger charge is 2.25. The summed E-state index contributed by atoms with van der Waals surface area (Å²) in [6, 6.07) is 6.04. The van der Waals surface area contributed by atoms with Crippen LogP contribution in [-0.2, 0) is 9.53 Å². The third-order valence-corrected chi connectivity index (χ3v) is 5.69. The van der Waals surface area contributed by atoms with Gasteiger partial charge in [-0.25, -0.2) is 14.8 Å². The molecule has 190 valence electrons. The van der Waals surface area contributed by atoms with Gasteiger partial charge in [-0.15, -0.1) is 0 Å². The monoisotopic (exact) mass is 497 g/mol. The summed E-state index contributed by atoms with van der Waals surface area (Å²) in [5.74, 6) is -2.24. The first kappa shape index (κ1) is 25.2. The Balaban J connectivity index is 1.48. The summed E-state index contributed by atoms with van der Waals surface area (Å²) in [4.78, 5) is 47.2. The van der Waals surface area contributed by atoms with Crippen molar-refractivity contribution in [3.63, 3.8) is 0 Å². The molecule has 36 heavy (non-hydrogen) atoms. The Labute approximate surface area is 206 Å². The Kier molecular flexibility index (Phi) is 7.88. The summed E-state index contributed by atoms with van der Waals surface area (Å²) >= 11 is 0. The number of hydrogen-bond donors (Lipinski definition) is 4. The fourth-order valence-electron chi connectivity index (χ4n) is 3.77. The van der Waals surface area contributed by atoms with Gasteiger partial charge < -0.3 is 30.0 Å². The Morgan fingerprint density at radius 3 is 2.72 bits per heavy atom. The maximum Gasteiger partial charge on any atom is 0.354 e. The molecule has 12 nitrogen and oxygen atoms in total. The second-order valence-electron chi connectivity index (χ2n) is 8.43. The Morgan fingerprint density at radius 2 is 2.00 bits per heavy atom. The van der Waals surface area contributed by atoms with Crippen molar-refractivity contribution in [2.75, 3.05) is 36.9 Å². The van der Waals surface area contributed by atoms with E-state index in [4.69, 9.17) is 9.15 Å². The van der Waals surface area contributed by atoms with Crippen LogP contribution in [0.4, 0.5) is 11.5 Å². The molecule has 4 N–H and O–H groups in total. The van der Waals surface area contributed by atoms with Crippen molar-refractivity contribution < 1.29 is 33.8 Å². The third kappa shape index (κ3) is 6.03. The lowest BCUT2D eigenvalue weighted by Gasteiger charge is -2.31. The number of nitrogens with zero attached hydrogens (tertiary/aromatic N) is 3. The largest absolute Gasteiger partial charge is 0.477 e. The number of aliphatic hydroxyl groups is 1. The first-order chi connectivity index (χ1) is 17.3. The van der Waals surface area contributed by atoms with Crippen molar-refractivity contribution in [3.05, 3.63) is 47.5 Å². The Morgan fingerprint density at radius 1 is 1.17 bits per heavy atom. The standard InChI is InChI=1S/C24H27N5O7/c1-14-5-8-17(25-12-14)27-23(32)22-21(20-16(36-22)7-6-15(26-20)24(33)34)28-18(30)4-2-3-9-29-10-11-35-13-19(29)31/h5-8,12,19,31H,2-4,9-11,13H2,1H3,(H,28,30)(H,33,34)(H,25,27,32). The van der Waals surface area contributed by atoms with Gasteiger partial charge in [-0.1, -0.05) is 6.07 Å². The van der Waals surface area contributed by atoms with E-state index >= 15 is 0 Å². The lowest BCUT2D eigenvalue weighted by Crippen LogP contribution is -2.45. The molecule has 0 radical (unpaired) electrons. The van der Waals surface area contributed by atoms with Gasteiger partial charge in [-0.2, -0.15) is 0 Å². The van der Waals surface area contributed by atoms with Crippen LogP contribution >= 0.6 is 0 Å². The Hall–Kier alpha value is -3.87. The first-order valence-corrected chi connectivity index (χ1v) is 11.5. The highest BCUT2D eigenvalue weighted by atomic mass is 16.5. The molecular formula is C24H27N5O7. The van der Waals surface area contributed by atoms with Crippen LogP contribution in [0.2, 0.25) is 0 Å². The normalized spacial score (nSPS) is 16.1. The van der Waals surface area contributed by atoms with Gasteiger partial charge in [-0.3, -0.25) is 14.5 Å². The van der Waals surface area contributed by atoms with E-state index in [2.05, 4.69) is 20.6 Å². The summed E-state index contributed by atoms with van der Waals surface area (Å²) in [7, 11) is 0. The minimum absolute atomic E-state index is 0.00804. The van der Waals surface area contributed by atoms with E-state index in [1.807, 2.05) is 11.8 Å². The number of carboxylic acids is 1. The molecule has 1 saturated heterocycles. The number of morpholine rings is 1. The molecule has 3 aromatic heterocycles. The number of aryl methyl sites for hydroxylation is 1. The molecule has 4 rings (SSSR count). The van der Waals surface area contributed by atoms with Crippen LogP contribution in [0.3, 0.4) is 0 Å². The topological polar surface area (TPSA) is 167 Å². The van der Waals surface area contributed by atoms with Crippen molar-refractivity contribution in [2.24, 2.45) is 0 Å². The number of ether oxygens (including phenoxy) is 1. The van der Waals surface area contributed by atoms with E-state index in [1.165, 1.54) is 12.1 Å². The van der Waals surface area contributed by atoms with Crippen molar-refractivity contribution in [3.8, 4) is 0 Å². The zero-order valence-corrected chi connectivity index (χ0v) is 19.7. The van der Waals surface area contributed by atoms with Gasteiger partial charge in [0.25, 0.3) is 5.91 Å². The van der Waals surface area contributed by atoms with Crippen molar-refractivity contribution in [1.29, 1.82) is 0 Å². The van der Waals surface area contributed by atoms with Crippen molar-refractivity contribution in [1.82, 2.24) is 14.9 Å². The molecule has 0 aromatic carbocycles. The number of nitrogens with one attached hydrogen (secondary N) is 2. The summed E-state index contributed by atoms with van der Waals surface area (Å²) in [5.41, 5.74) is 0.861. The van der Waals surface area contributed by atoms with E-state index in [9.17, 15) is 24.6 Å². The highest BCUT2D eigenvalue weighted by molar-refractivity contribution is 6.13. The molecule has 3 aromatic rings. The zero-order chi connectivity index (χ0) is 25.7. The van der Waals surface area contributed by atoms with Crippen LogP contribution in [-0.4, -0.2) is 75.4 Å². The molecule has 12 heteroatoms. The van der Waals surface area contributed by atoms with Crippen LogP contribution in [0.15, 0.2) is 34.9 Å².